The van der Waals surface area contributed by atoms with E-state index in [9.17, 15) is 20.1 Å². The van der Waals surface area contributed by atoms with E-state index >= 15 is 0 Å². The summed E-state index contributed by atoms with van der Waals surface area (Å²) >= 11 is 7.59. The van der Waals surface area contributed by atoms with Gasteiger partial charge in [0.05, 0.1) is 17.5 Å². The Morgan fingerprint density at radius 2 is 1.97 bits per heavy atom. The van der Waals surface area contributed by atoms with Crippen LogP contribution in [-0.4, -0.2) is 81.3 Å². The number of nitrogens with one attached hydrogen (secondary N) is 2. The molecule has 0 aromatic heterocycles. The number of alkyl halides is 1. The van der Waals surface area contributed by atoms with Gasteiger partial charge in [0.25, 0.3) is 0 Å². The summed E-state index contributed by atoms with van der Waals surface area (Å²) < 4.78 is 5.82. The molecule has 2 fully saturated rings. The maximum Gasteiger partial charge on any atom is 0.237 e. The predicted molar refractivity (Wildman–Crippen MR) is 121 cm³/mol. The third-order valence-corrected chi connectivity index (χ3v) is 7.42. The Morgan fingerprint density at radius 3 is 2.60 bits per heavy atom. The zero-order chi connectivity index (χ0) is 22.3. The Labute approximate surface area is 189 Å². The van der Waals surface area contributed by atoms with Crippen molar-refractivity contribution in [3.8, 4) is 0 Å². The highest BCUT2D eigenvalue weighted by atomic mass is 35.5. The van der Waals surface area contributed by atoms with Gasteiger partial charge in [-0.15, -0.1) is 23.4 Å². The quantitative estimate of drug-likeness (QED) is 0.245. The number of hydrogen-bond donors (Lipinski definition) is 5. The van der Waals surface area contributed by atoms with Crippen LogP contribution >= 0.6 is 23.4 Å². The molecule has 30 heavy (non-hydrogen) atoms. The second kappa shape index (κ2) is 12.8. The van der Waals surface area contributed by atoms with Crippen molar-refractivity contribution in [1.29, 1.82) is 0 Å². The van der Waals surface area contributed by atoms with Gasteiger partial charge in [-0.05, 0) is 38.5 Å². The molecule has 176 valence electrons. The molecule has 7 unspecified atom stereocenters. The van der Waals surface area contributed by atoms with Gasteiger partial charge < -0.3 is 30.7 Å². The molecule has 0 radical (unpaired) electrons. The van der Waals surface area contributed by atoms with Crippen molar-refractivity contribution in [3.63, 3.8) is 0 Å². The number of ether oxygens (including phenoxy) is 1. The lowest BCUT2D eigenvalue weighted by Crippen LogP contribution is -2.65. The topological polar surface area (TPSA) is 111 Å². The van der Waals surface area contributed by atoms with Crippen molar-refractivity contribution in [2.24, 2.45) is 5.92 Å². The number of unbranched alkanes of at least 4 members (excludes halogenated alkanes) is 3. The highest BCUT2D eigenvalue weighted by Crippen LogP contribution is 2.30. The molecule has 5 N–H and O–H groups in total. The van der Waals surface area contributed by atoms with Crippen LogP contribution in [-0.2, 0) is 9.53 Å². The van der Waals surface area contributed by atoms with E-state index in [1.807, 2.05) is 0 Å². The molecular formula is C21H39ClN2O5S. The molecule has 0 saturated carbocycles. The molecule has 2 aliphatic heterocycles. The Hall–Kier alpha value is -0.0900. The minimum absolute atomic E-state index is 0.164. The van der Waals surface area contributed by atoms with E-state index < -0.39 is 41.3 Å². The van der Waals surface area contributed by atoms with Crippen molar-refractivity contribution in [3.05, 3.63) is 0 Å². The Morgan fingerprint density at radius 1 is 1.23 bits per heavy atom. The first-order valence-corrected chi connectivity index (χ1v) is 12.9. The number of aliphatic hydroxyl groups is 3. The number of thioether (sulfide) groups is 1. The van der Waals surface area contributed by atoms with Crippen molar-refractivity contribution >= 4 is 29.3 Å². The van der Waals surface area contributed by atoms with Crippen molar-refractivity contribution in [2.45, 2.75) is 106 Å². The van der Waals surface area contributed by atoms with Gasteiger partial charge in [-0.25, -0.2) is 0 Å². The van der Waals surface area contributed by atoms with Crippen LogP contribution in [0.15, 0.2) is 0 Å². The Bertz CT molecular complexity index is 528. The van der Waals surface area contributed by atoms with Crippen LogP contribution in [0.1, 0.15) is 58.8 Å². The molecule has 0 spiro atoms. The first-order chi connectivity index (χ1) is 14.3. The number of hydrogen-bond acceptors (Lipinski definition) is 7. The van der Waals surface area contributed by atoms with Crippen LogP contribution in [0.25, 0.3) is 0 Å². The third-order valence-electron chi connectivity index (χ3n) is 6.29. The molecule has 0 aliphatic carbocycles. The fourth-order valence-corrected chi connectivity index (χ4v) is 5.29. The van der Waals surface area contributed by atoms with Gasteiger partial charge in [-0.2, -0.15) is 0 Å². The third kappa shape index (κ3) is 6.95. The summed E-state index contributed by atoms with van der Waals surface area (Å²) in [5, 5.41) is 36.5. The standard InChI is InChI=1S/C21H39ClN2O5S/c1-4-5-6-7-8-13-9-10-23-14(11-13)20(28)24-15(12(2)22)19-17(26)16(25)18(27)21(29-19)30-3/h12-19,21,23,25-27H,4-11H2,1-3H3,(H,24,28)/t12?,13-,14+,15?,16?,17?,18?,19?,21?/m0/s1. The summed E-state index contributed by atoms with van der Waals surface area (Å²) in [7, 11) is 0. The highest BCUT2D eigenvalue weighted by molar-refractivity contribution is 7.99. The summed E-state index contributed by atoms with van der Waals surface area (Å²) in [6.07, 6.45) is 4.84. The summed E-state index contributed by atoms with van der Waals surface area (Å²) in [5.41, 5.74) is -0.705. The number of aliphatic hydroxyl groups excluding tert-OH is 3. The minimum atomic E-state index is -1.36. The lowest BCUT2D eigenvalue weighted by Gasteiger charge is -2.44. The SMILES string of the molecule is CCCCCC[C@H]1CCN[C@@H](C(=O)NC(C(C)Cl)C2OC(SC)C(O)C(O)C2O)C1. The van der Waals surface area contributed by atoms with Gasteiger partial charge in [0.15, 0.2) is 0 Å². The zero-order valence-corrected chi connectivity index (χ0v) is 19.9. The number of rotatable bonds is 10. The summed E-state index contributed by atoms with van der Waals surface area (Å²) in [6.45, 7) is 4.73. The smallest absolute Gasteiger partial charge is 0.237 e. The van der Waals surface area contributed by atoms with E-state index in [4.69, 9.17) is 16.3 Å². The normalized spacial score (nSPS) is 36.8. The van der Waals surface area contributed by atoms with E-state index in [1.54, 1.807) is 13.2 Å². The van der Waals surface area contributed by atoms with E-state index in [1.165, 1.54) is 37.4 Å². The van der Waals surface area contributed by atoms with E-state index in [0.29, 0.717) is 5.92 Å². The van der Waals surface area contributed by atoms with Crippen LogP contribution in [0, 0.1) is 5.92 Å². The highest BCUT2D eigenvalue weighted by Gasteiger charge is 2.48. The van der Waals surface area contributed by atoms with Crippen LogP contribution < -0.4 is 10.6 Å². The van der Waals surface area contributed by atoms with Gasteiger partial charge in [-0.1, -0.05) is 39.0 Å². The summed E-state index contributed by atoms with van der Waals surface area (Å²) in [4.78, 5) is 13.0. The second-order valence-electron chi connectivity index (χ2n) is 8.63. The average molecular weight is 467 g/mol. The Balaban J connectivity index is 1.97. The lowest BCUT2D eigenvalue weighted by atomic mass is 9.87. The number of carbonyl (C=O) groups excluding carboxylic acids is 1. The molecule has 2 aliphatic rings. The first-order valence-electron chi connectivity index (χ1n) is 11.2. The largest absolute Gasteiger partial charge is 0.388 e. The molecule has 2 rings (SSSR count). The molecule has 0 aromatic carbocycles. The Kier molecular flexibility index (Phi) is 11.2. The van der Waals surface area contributed by atoms with Crippen LogP contribution in [0.5, 0.6) is 0 Å². The predicted octanol–water partition coefficient (Wildman–Crippen LogP) is 1.61. The van der Waals surface area contributed by atoms with Gasteiger partial charge >= 0.3 is 0 Å². The van der Waals surface area contributed by atoms with Crippen molar-refractivity contribution < 1.29 is 24.9 Å². The van der Waals surface area contributed by atoms with Crippen LogP contribution in [0.3, 0.4) is 0 Å². The van der Waals surface area contributed by atoms with Gasteiger partial charge in [0.2, 0.25) is 5.91 Å². The number of amides is 1. The fourth-order valence-electron chi connectivity index (χ4n) is 4.41. The molecule has 2 saturated heterocycles. The molecule has 0 aromatic rings. The van der Waals surface area contributed by atoms with E-state index in [-0.39, 0.29) is 11.9 Å². The van der Waals surface area contributed by atoms with Crippen LogP contribution in [0.4, 0.5) is 0 Å². The van der Waals surface area contributed by atoms with Gasteiger partial charge in [0.1, 0.15) is 29.9 Å². The lowest BCUT2D eigenvalue weighted by molar-refractivity contribution is -0.205. The van der Waals surface area contributed by atoms with Crippen molar-refractivity contribution in [2.75, 3.05) is 12.8 Å². The van der Waals surface area contributed by atoms with E-state index in [2.05, 4.69) is 17.6 Å². The second-order valence-corrected chi connectivity index (χ2v) is 10.3. The van der Waals surface area contributed by atoms with Crippen LogP contribution in [0.2, 0.25) is 0 Å². The maximum atomic E-state index is 13.0. The van der Waals surface area contributed by atoms with Gasteiger partial charge in [0, 0.05) is 0 Å². The molecule has 9 atom stereocenters. The molecule has 7 nitrogen and oxygen atoms in total. The first kappa shape index (κ1) is 26.2. The summed E-state index contributed by atoms with van der Waals surface area (Å²) in [6, 6.07) is -1.00. The van der Waals surface area contributed by atoms with E-state index in [0.717, 1.165) is 25.8 Å². The minimum Gasteiger partial charge on any atom is -0.388 e. The molecule has 2 heterocycles. The maximum absolute atomic E-state index is 13.0. The van der Waals surface area contributed by atoms with Gasteiger partial charge in [-0.3, -0.25) is 4.79 Å². The molecule has 0 bridgehead atoms. The number of piperidine rings is 1. The average Bonchev–Trinajstić information content (AvgIpc) is 2.74. The fraction of sp³-hybridized carbons (Fsp3) is 0.952. The molecule has 9 heteroatoms. The monoisotopic (exact) mass is 466 g/mol. The number of carbonyl (C=O) groups is 1. The molecular weight excluding hydrogens is 428 g/mol. The summed E-state index contributed by atoms with van der Waals surface area (Å²) in [5.74, 6) is 0.364. The zero-order valence-electron chi connectivity index (χ0n) is 18.3. The number of halogens is 1. The van der Waals surface area contributed by atoms with Crippen molar-refractivity contribution in [1.82, 2.24) is 10.6 Å². The molecule has 1 amide bonds.